The summed E-state index contributed by atoms with van der Waals surface area (Å²) in [6, 6.07) is -1.90. The Morgan fingerprint density at radius 2 is 1.50 bits per heavy atom. The quantitative estimate of drug-likeness (QED) is 0.137. The van der Waals surface area contributed by atoms with E-state index in [0.29, 0.717) is 11.4 Å². The van der Waals surface area contributed by atoms with Gasteiger partial charge in [-0.2, -0.15) is 4.89 Å². The molecule has 0 saturated carbocycles. The maximum atomic E-state index is 10.8. The molecule has 0 aromatic carbocycles. The maximum absolute atomic E-state index is 10.8. The first-order valence-electron chi connectivity index (χ1n) is 7.98. The Morgan fingerprint density at radius 3 is 1.86 bits per heavy atom. The van der Waals surface area contributed by atoms with Crippen LogP contribution in [0, 0.1) is 0 Å². The average Bonchev–Trinajstić information content (AvgIpc) is 2.66. The standard InChI is InChI=1S/C9H15N3O4.C7H13N3O2/c1-3-7(11-5-10)4-8(9(13)14)12-6-16-15-2;1-2-5(10-4-8)3-6(9)7(11)12/h3,5-6,8H,4H2,1-2H3,(H2,10,11)(H,13,14);2,4,6H,3,9H2,1H3,(H2,8,10)(H,11,12)/b7-3-,12-6?;5-2-/t8-;6-/m00/s1. The van der Waals surface area contributed by atoms with Crippen LogP contribution in [0.25, 0.3) is 0 Å². The number of rotatable bonds is 11. The molecular weight excluding hydrogens is 372 g/mol. The van der Waals surface area contributed by atoms with Crippen LogP contribution in [0.15, 0.2) is 38.5 Å². The molecule has 8 N–H and O–H groups in total. The van der Waals surface area contributed by atoms with Gasteiger partial charge in [0.05, 0.1) is 19.8 Å². The van der Waals surface area contributed by atoms with Gasteiger partial charge in [0, 0.05) is 24.2 Å². The van der Waals surface area contributed by atoms with Crippen LogP contribution in [0.3, 0.4) is 0 Å². The van der Waals surface area contributed by atoms with Gasteiger partial charge >= 0.3 is 11.9 Å². The number of aliphatic carboxylic acids is 2. The van der Waals surface area contributed by atoms with E-state index in [2.05, 4.69) is 24.8 Å². The minimum absolute atomic E-state index is 0.128. The van der Waals surface area contributed by atoms with E-state index in [0.717, 1.165) is 19.1 Å². The highest BCUT2D eigenvalue weighted by Gasteiger charge is 2.17. The second kappa shape index (κ2) is 17.2. The third-order valence-electron chi connectivity index (χ3n) is 2.96. The average molecular weight is 400 g/mol. The predicted octanol–water partition coefficient (Wildman–Crippen LogP) is 0.00600. The Bertz CT molecular complexity index is 615. The normalized spacial score (nSPS) is 14.7. The van der Waals surface area contributed by atoms with Crippen molar-refractivity contribution in [1.82, 2.24) is 0 Å². The SMILES string of the molecule is C/C=C(/C[C@H](N)C(=O)O)N=CN.C/C=C(/C[C@H](N=COOC)C(=O)O)N=CN. The smallest absolute Gasteiger partial charge is 0.328 e. The second-order valence-corrected chi connectivity index (χ2v) is 4.84. The van der Waals surface area contributed by atoms with Gasteiger partial charge < -0.3 is 32.3 Å². The molecule has 0 aromatic rings. The van der Waals surface area contributed by atoms with Crippen LogP contribution >= 0.6 is 0 Å². The highest BCUT2D eigenvalue weighted by atomic mass is 17.2. The van der Waals surface area contributed by atoms with Gasteiger partial charge in [0.1, 0.15) is 6.04 Å². The topological polar surface area (TPSA) is 208 Å². The van der Waals surface area contributed by atoms with Gasteiger partial charge in [-0.25, -0.2) is 19.8 Å². The molecule has 0 aromatic heterocycles. The van der Waals surface area contributed by atoms with Crippen LogP contribution in [0.5, 0.6) is 0 Å². The van der Waals surface area contributed by atoms with E-state index in [1.807, 2.05) is 0 Å². The van der Waals surface area contributed by atoms with Crippen molar-refractivity contribution in [2.45, 2.75) is 38.8 Å². The molecular formula is C16H28N6O6. The third-order valence-corrected chi connectivity index (χ3v) is 2.96. The predicted molar refractivity (Wildman–Crippen MR) is 106 cm³/mol. The minimum Gasteiger partial charge on any atom is -0.480 e. The van der Waals surface area contributed by atoms with Crippen LogP contribution in [-0.2, 0) is 19.4 Å². The zero-order valence-corrected chi connectivity index (χ0v) is 16.1. The van der Waals surface area contributed by atoms with Gasteiger partial charge in [-0.3, -0.25) is 4.79 Å². The highest BCUT2D eigenvalue weighted by molar-refractivity contribution is 5.75. The summed E-state index contributed by atoms with van der Waals surface area (Å²) in [5, 5.41) is 17.3. The molecule has 0 aliphatic heterocycles. The Kier molecular flexibility index (Phi) is 16.5. The summed E-state index contributed by atoms with van der Waals surface area (Å²) in [5.41, 5.74) is 16.5. The third kappa shape index (κ3) is 14.0. The van der Waals surface area contributed by atoms with Crippen molar-refractivity contribution >= 4 is 31.0 Å². The number of allylic oxidation sites excluding steroid dienone is 2. The molecule has 0 aliphatic carbocycles. The number of carbonyl (C=O) groups is 2. The van der Waals surface area contributed by atoms with E-state index >= 15 is 0 Å². The maximum Gasteiger partial charge on any atom is 0.328 e. The lowest BCUT2D eigenvalue weighted by Crippen LogP contribution is -2.30. The van der Waals surface area contributed by atoms with Gasteiger partial charge in [0.2, 0.25) is 6.40 Å². The van der Waals surface area contributed by atoms with E-state index in [1.54, 1.807) is 26.0 Å². The lowest BCUT2D eigenvalue weighted by atomic mass is 10.1. The molecule has 0 spiro atoms. The number of nitrogens with zero attached hydrogens (tertiary/aromatic N) is 3. The summed E-state index contributed by atoms with van der Waals surface area (Å²) in [5.74, 6) is -2.12. The van der Waals surface area contributed by atoms with Crippen molar-refractivity contribution in [1.29, 1.82) is 0 Å². The van der Waals surface area contributed by atoms with Crippen LogP contribution in [0.4, 0.5) is 0 Å². The molecule has 0 bridgehead atoms. The van der Waals surface area contributed by atoms with Crippen molar-refractivity contribution in [2.24, 2.45) is 32.2 Å². The second-order valence-electron chi connectivity index (χ2n) is 4.84. The lowest BCUT2D eigenvalue weighted by molar-refractivity contribution is -0.188. The zero-order chi connectivity index (χ0) is 21.9. The Hall–Kier alpha value is -3.25. The Balaban J connectivity index is 0. The van der Waals surface area contributed by atoms with Crippen molar-refractivity contribution in [2.75, 3.05) is 7.11 Å². The minimum atomic E-state index is -1.08. The Labute approximate surface area is 163 Å². The fraction of sp³-hybridized carbons (Fsp3) is 0.438. The van der Waals surface area contributed by atoms with Gasteiger partial charge in [-0.05, 0) is 13.8 Å². The molecule has 0 aliphatic rings. The van der Waals surface area contributed by atoms with Gasteiger partial charge in [-0.15, -0.1) is 0 Å². The van der Waals surface area contributed by atoms with Crippen molar-refractivity contribution in [3.8, 4) is 0 Å². The monoisotopic (exact) mass is 400 g/mol. The van der Waals surface area contributed by atoms with E-state index < -0.39 is 24.0 Å². The molecule has 2 atom stereocenters. The molecule has 0 radical (unpaired) electrons. The summed E-state index contributed by atoms with van der Waals surface area (Å²) >= 11 is 0. The largest absolute Gasteiger partial charge is 0.480 e. The highest BCUT2D eigenvalue weighted by Crippen LogP contribution is 2.09. The number of aliphatic imine (C=N–C) groups is 3. The van der Waals surface area contributed by atoms with Crippen LogP contribution in [-0.4, -0.2) is 60.4 Å². The molecule has 0 rings (SSSR count). The summed E-state index contributed by atoms with van der Waals surface area (Å²) in [7, 11) is 1.29. The van der Waals surface area contributed by atoms with Crippen LogP contribution in [0.1, 0.15) is 26.7 Å². The first-order chi connectivity index (χ1) is 13.3. The molecule has 12 nitrogen and oxygen atoms in total. The molecule has 0 amide bonds. The van der Waals surface area contributed by atoms with E-state index in [1.165, 1.54) is 7.11 Å². The molecule has 0 saturated heterocycles. The van der Waals surface area contributed by atoms with E-state index in [4.69, 9.17) is 27.4 Å². The zero-order valence-electron chi connectivity index (χ0n) is 16.1. The van der Waals surface area contributed by atoms with Gasteiger partial charge in [-0.1, -0.05) is 12.2 Å². The van der Waals surface area contributed by atoms with Crippen molar-refractivity contribution in [3.05, 3.63) is 23.5 Å². The number of carboxylic acid groups (broad SMARTS) is 2. The first kappa shape index (κ1) is 27.0. The van der Waals surface area contributed by atoms with Crippen molar-refractivity contribution < 1.29 is 29.6 Å². The molecule has 12 heteroatoms. The number of carboxylic acids is 2. The number of hydrogen-bond acceptors (Lipinski definition) is 8. The molecule has 158 valence electrons. The Morgan fingerprint density at radius 1 is 1.00 bits per heavy atom. The van der Waals surface area contributed by atoms with Gasteiger partial charge in [0.25, 0.3) is 0 Å². The van der Waals surface area contributed by atoms with Crippen LogP contribution in [0.2, 0.25) is 0 Å². The van der Waals surface area contributed by atoms with Crippen molar-refractivity contribution in [3.63, 3.8) is 0 Å². The molecule has 0 unspecified atom stereocenters. The summed E-state index contributed by atoms with van der Waals surface area (Å²) < 4.78 is 0. The fourth-order valence-electron chi connectivity index (χ4n) is 1.54. The summed E-state index contributed by atoms with van der Waals surface area (Å²) in [6.45, 7) is 3.48. The first-order valence-corrected chi connectivity index (χ1v) is 7.98. The fourth-order valence-corrected chi connectivity index (χ4v) is 1.54. The lowest BCUT2D eigenvalue weighted by Gasteiger charge is -2.06. The number of hydrogen-bond donors (Lipinski definition) is 5. The van der Waals surface area contributed by atoms with E-state index in [-0.39, 0.29) is 12.8 Å². The van der Waals surface area contributed by atoms with E-state index in [9.17, 15) is 9.59 Å². The molecule has 28 heavy (non-hydrogen) atoms. The molecule has 0 fully saturated rings. The molecule has 0 heterocycles. The summed E-state index contributed by atoms with van der Waals surface area (Å²) in [6.07, 6.45) is 6.80. The van der Waals surface area contributed by atoms with Crippen LogP contribution < -0.4 is 17.2 Å². The number of nitrogens with two attached hydrogens (primary N) is 3. The summed E-state index contributed by atoms with van der Waals surface area (Å²) in [4.78, 5) is 40.9. The van der Waals surface area contributed by atoms with Gasteiger partial charge in [0.15, 0.2) is 6.04 Å².